The topological polar surface area (TPSA) is 60.0 Å². The van der Waals surface area contributed by atoms with Crippen molar-refractivity contribution in [3.05, 3.63) is 29.8 Å². The Bertz CT molecular complexity index is 587. The Kier molecular flexibility index (Phi) is 5.81. The van der Waals surface area contributed by atoms with Crippen LogP contribution in [0.1, 0.15) is 44.7 Å². The maximum Gasteiger partial charge on any atom is 0.318 e. The van der Waals surface area contributed by atoms with E-state index in [1.54, 1.807) is 4.90 Å². The highest BCUT2D eigenvalue weighted by Crippen LogP contribution is 2.31. The molecule has 1 N–H and O–H groups in total. The van der Waals surface area contributed by atoms with Crippen LogP contribution >= 0.6 is 0 Å². The molecule has 0 radical (unpaired) electrons. The Labute approximate surface area is 149 Å². The van der Waals surface area contributed by atoms with Gasteiger partial charge in [-0.1, -0.05) is 25.1 Å². The van der Waals surface area contributed by atoms with Crippen LogP contribution in [0.15, 0.2) is 24.3 Å². The summed E-state index contributed by atoms with van der Waals surface area (Å²) in [5, 5.41) is 3.15. The van der Waals surface area contributed by atoms with Crippen molar-refractivity contribution in [2.45, 2.75) is 44.9 Å². The van der Waals surface area contributed by atoms with Crippen molar-refractivity contribution in [3.8, 4) is 5.75 Å². The summed E-state index contributed by atoms with van der Waals surface area (Å²) < 4.78 is 17.2. The maximum absolute atomic E-state index is 12.8. The van der Waals surface area contributed by atoms with Crippen molar-refractivity contribution >= 4 is 6.03 Å². The molecule has 3 rings (SSSR count). The first-order chi connectivity index (χ1) is 12.2. The Hall–Kier alpha value is -1.79. The van der Waals surface area contributed by atoms with Crippen LogP contribution in [-0.4, -0.2) is 49.6 Å². The van der Waals surface area contributed by atoms with E-state index < -0.39 is 5.79 Å². The van der Waals surface area contributed by atoms with Crippen LogP contribution < -0.4 is 10.1 Å². The molecule has 2 fully saturated rings. The molecule has 2 heterocycles. The molecule has 1 unspecified atom stereocenters. The number of piperidine rings is 1. The summed E-state index contributed by atoms with van der Waals surface area (Å²) in [5.74, 6) is 0.232. The van der Waals surface area contributed by atoms with Crippen LogP contribution in [0.25, 0.3) is 0 Å². The first-order valence-electron chi connectivity index (χ1n) is 9.22. The summed E-state index contributed by atoms with van der Waals surface area (Å²) in [6.07, 6.45) is 2.53. The zero-order valence-corrected chi connectivity index (χ0v) is 15.1. The first kappa shape index (κ1) is 18.0. The van der Waals surface area contributed by atoms with Gasteiger partial charge in [-0.3, -0.25) is 0 Å². The van der Waals surface area contributed by atoms with Crippen LogP contribution in [-0.2, 0) is 9.47 Å². The van der Waals surface area contributed by atoms with Crippen LogP contribution in [0.2, 0.25) is 0 Å². The smallest absolute Gasteiger partial charge is 0.318 e. The van der Waals surface area contributed by atoms with Gasteiger partial charge in [0.2, 0.25) is 0 Å². The van der Waals surface area contributed by atoms with Gasteiger partial charge in [0.1, 0.15) is 5.75 Å². The van der Waals surface area contributed by atoms with Crippen LogP contribution in [0.5, 0.6) is 5.75 Å². The Morgan fingerprint density at radius 1 is 1.32 bits per heavy atom. The number of rotatable bonds is 5. The number of para-hydroxylation sites is 1. The van der Waals surface area contributed by atoms with E-state index in [1.165, 1.54) is 0 Å². The number of nitrogens with one attached hydrogen (secondary N) is 1. The molecule has 0 bridgehead atoms. The van der Waals surface area contributed by atoms with Gasteiger partial charge in [0.15, 0.2) is 5.79 Å². The monoisotopic (exact) mass is 348 g/mol. The minimum Gasteiger partial charge on any atom is -0.494 e. The lowest BCUT2D eigenvalue weighted by Crippen LogP contribution is -2.54. The number of ether oxygens (including phenoxy) is 3. The minimum absolute atomic E-state index is 0.0728. The van der Waals surface area contributed by atoms with E-state index in [1.807, 2.05) is 31.2 Å². The van der Waals surface area contributed by atoms with E-state index in [2.05, 4.69) is 12.2 Å². The molecule has 0 saturated carbocycles. The fraction of sp³-hybridized carbons (Fsp3) is 0.632. The van der Waals surface area contributed by atoms with Crippen molar-refractivity contribution in [2.24, 2.45) is 0 Å². The Morgan fingerprint density at radius 2 is 2.08 bits per heavy atom. The predicted molar refractivity (Wildman–Crippen MR) is 94.6 cm³/mol. The second-order valence-corrected chi connectivity index (χ2v) is 6.51. The summed E-state index contributed by atoms with van der Waals surface area (Å²) >= 11 is 0. The molecule has 25 heavy (non-hydrogen) atoms. The van der Waals surface area contributed by atoms with E-state index in [4.69, 9.17) is 14.2 Å². The van der Waals surface area contributed by atoms with Gasteiger partial charge in [-0.25, -0.2) is 4.79 Å². The molecule has 6 nitrogen and oxygen atoms in total. The Morgan fingerprint density at radius 3 is 2.80 bits per heavy atom. The molecule has 0 aliphatic carbocycles. The van der Waals surface area contributed by atoms with Crippen molar-refractivity contribution < 1.29 is 19.0 Å². The molecular formula is C19H28N2O4. The van der Waals surface area contributed by atoms with E-state index in [0.29, 0.717) is 26.4 Å². The van der Waals surface area contributed by atoms with Gasteiger partial charge >= 0.3 is 6.03 Å². The fourth-order valence-corrected chi connectivity index (χ4v) is 3.59. The minimum atomic E-state index is -0.597. The van der Waals surface area contributed by atoms with Gasteiger partial charge in [-0.05, 0) is 25.8 Å². The third-order valence-electron chi connectivity index (χ3n) is 4.82. The summed E-state index contributed by atoms with van der Waals surface area (Å²) in [5.41, 5.74) is 1.01. The van der Waals surface area contributed by atoms with Crippen LogP contribution in [0.4, 0.5) is 4.79 Å². The fourth-order valence-electron chi connectivity index (χ4n) is 3.59. The van der Waals surface area contributed by atoms with E-state index >= 15 is 0 Å². The molecule has 138 valence electrons. The summed E-state index contributed by atoms with van der Waals surface area (Å²) in [6.45, 7) is 7.06. The van der Waals surface area contributed by atoms with Gasteiger partial charge in [-0.15, -0.1) is 0 Å². The lowest BCUT2D eigenvalue weighted by atomic mass is 10.0. The van der Waals surface area contributed by atoms with Gasteiger partial charge in [0.25, 0.3) is 0 Å². The molecule has 2 aliphatic rings. The van der Waals surface area contributed by atoms with Gasteiger partial charge in [-0.2, -0.15) is 0 Å². The molecular weight excluding hydrogens is 320 g/mol. The third kappa shape index (κ3) is 4.07. The zero-order chi connectivity index (χ0) is 17.7. The average molecular weight is 348 g/mol. The highest BCUT2D eigenvalue weighted by molar-refractivity contribution is 5.75. The lowest BCUT2D eigenvalue weighted by molar-refractivity contribution is -0.182. The number of likely N-dealkylation sites (tertiary alicyclic amines) is 1. The number of nitrogens with zero attached hydrogens (tertiary/aromatic N) is 1. The van der Waals surface area contributed by atoms with Crippen molar-refractivity contribution in [1.29, 1.82) is 0 Å². The summed E-state index contributed by atoms with van der Waals surface area (Å²) in [7, 11) is 0. The molecule has 0 aromatic heterocycles. The van der Waals surface area contributed by atoms with Crippen LogP contribution in [0, 0.1) is 0 Å². The third-order valence-corrected chi connectivity index (χ3v) is 4.82. The standard InChI is InChI=1S/C19H28N2O4/c1-3-16(15-8-5-6-9-17(15)23-4-2)20-18(22)21-11-7-10-19(14-21)24-12-13-25-19/h5-6,8-9,16H,3-4,7,10-14H2,1-2H3,(H,20,22). The SMILES string of the molecule is CCOc1ccccc1C(CC)NC(=O)N1CCCC2(C1)OCCO2. The molecule has 2 saturated heterocycles. The number of carbonyl (C=O) groups excluding carboxylic acids is 1. The number of hydrogen-bond donors (Lipinski definition) is 1. The number of amides is 2. The van der Waals surface area contributed by atoms with Gasteiger partial charge < -0.3 is 24.4 Å². The molecule has 1 atom stereocenters. The average Bonchev–Trinajstić information content (AvgIpc) is 3.08. The molecule has 6 heteroatoms. The van der Waals surface area contributed by atoms with Crippen molar-refractivity contribution in [3.63, 3.8) is 0 Å². The van der Waals surface area contributed by atoms with E-state index in [-0.39, 0.29) is 12.1 Å². The van der Waals surface area contributed by atoms with Crippen LogP contribution in [0.3, 0.4) is 0 Å². The largest absolute Gasteiger partial charge is 0.494 e. The lowest BCUT2D eigenvalue weighted by Gasteiger charge is -2.39. The zero-order valence-electron chi connectivity index (χ0n) is 15.1. The number of carbonyl (C=O) groups is 1. The molecule has 1 aromatic carbocycles. The predicted octanol–water partition coefficient (Wildman–Crippen LogP) is 3.08. The number of hydrogen-bond acceptors (Lipinski definition) is 4. The molecule has 2 amide bonds. The van der Waals surface area contributed by atoms with E-state index in [0.717, 1.165) is 37.1 Å². The summed E-state index contributed by atoms with van der Waals surface area (Å²) in [6, 6.07) is 7.73. The van der Waals surface area contributed by atoms with E-state index in [9.17, 15) is 4.79 Å². The van der Waals surface area contributed by atoms with Gasteiger partial charge in [0, 0.05) is 18.5 Å². The number of benzene rings is 1. The first-order valence-corrected chi connectivity index (χ1v) is 9.22. The molecule has 1 aromatic rings. The molecule has 2 aliphatic heterocycles. The number of urea groups is 1. The molecule has 1 spiro atoms. The quantitative estimate of drug-likeness (QED) is 0.888. The maximum atomic E-state index is 12.8. The van der Waals surface area contributed by atoms with Gasteiger partial charge in [0.05, 0.1) is 32.4 Å². The summed E-state index contributed by atoms with van der Waals surface area (Å²) in [4.78, 5) is 14.6. The van der Waals surface area contributed by atoms with Crippen molar-refractivity contribution in [1.82, 2.24) is 10.2 Å². The second kappa shape index (κ2) is 8.06. The Balaban J connectivity index is 1.68. The highest BCUT2D eigenvalue weighted by Gasteiger charge is 2.42. The normalized spacial score (nSPS) is 20.5. The van der Waals surface area contributed by atoms with Crippen molar-refractivity contribution in [2.75, 3.05) is 32.9 Å². The highest BCUT2D eigenvalue weighted by atomic mass is 16.7. The second-order valence-electron chi connectivity index (χ2n) is 6.51.